The van der Waals surface area contributed by atoms with Gasteiger partial charge in [0.15, 0.2) is 11.0 Å². The molecular formula is C9H16N2OS. The molecule has 4 heteroatoms. The standard InChI is InChI=1S/C9H16N2OS/c1-6(2)8(7(3)12)11-9-10-4-5-13-9/h6,8H,4-5H2,1-3H3,(H,10,11)/t8-/m0/s1. The van der Waals surface area contributed by atoms with Crippen molar-refractivity contribution in [2.24, 2.45) is 10.9 Å². The second-order valence-corrected chi connectivity index (χ2v) is 4.60. The zero-order valence-corrected chi connectivity index (χ0v) is 9.15. The van der Waals surface area contributed by atoms with Crippen molar-refractivity contribution in [3.63, 3.8) is 0 Å². The molecule has 0 spiro atoms. The van der Waals surface area contributed by atoms with E-state index in [1.54, 1.807) is 18.7 Å². The van der Waals surface area contributed by atoms with Crippen LogP contribution in [0.5, 0.6) is 0 Å². The van der Waals surface area contributed by atoms with Crippen LogP contribution in [0.4, 0.5) is 0 Å². The fourth-order valence-corrected chi connectivity index (χ4v) is 2.06. The van der Waals surface area contributed by atoms with Crippen molar-refractivity contribution >= 4 is 22.7 Å². The van der Waals surface area contributed by atoms with E-state index in [0.717, 1.165) is 17.5 Å². The summed E-state index contributed by atoms with van der Waals surface area (Å²) in [5.74, 6) is 1.54. The molecule has 0 unspecified atom stereocenters. The molecule has 1 N–H and O–H groups in total. The van der Waals surface area contributed by atoms with Gasteiger partial charge in [-0.25, -0.2) is 0 Å². The molecule has 1 heterocycles. The lowest BCUT2D eigenvalue weighted by Gasteiger charge is -2.19. The van der Waals surface area contributed by atoms with Crippen LogP contribution in [-0.2, 0) is 4.79 Å². The minimum absolute atomic E-state index is 0.0793. The van der Waals surface area contributed by atoms with E-state index in [-0.39, 0.29) is 11.8 Å². The van der Waals surface area contributed by atoms with Crippen molar-refractivity contribution in [2.75, 3.05) is 12.3 Å². The van der Waals surface area contributed by atoms with Crippen molar-refractivity contribution in [2.45, 2.75) is 26.8 Å². The molecule has 0 radical (unpaired) electrons. The first-order valence-corrected chi connectivity index (χ1v) is 5.54. The van der Waals surface area contributed by atoms with E-state index in [4.69, 9.17) is 0 Å². The molecule has 0 aliphatic carbocycles. The van der Waals surface area contributed by atoms with Crippen molar-refractivity contribution in [1.82, 2.24) is 5.32 Å². The first-order valence-electron chi connectivity index (χ1n) is 4.55. The van der Waals surface area contributed by atoms with Gasteiger partial charge >= 0.3 is 0 Å². The molecule has 0 aromatic heterocycles. The number of nitrogens with one attached hydrogen (secondary N) is 1. The Hall–Kier alpha value is -0.510. The monoisotopic (exact) mass is 200 g/mol. The van der Waals surface area contributed by atoms with Gasteiger partial charge in [0, 0.05) is 5.75 Å². The number of aliphatic imine (C=N–C) groups is 1. The van der Waals surface area contributed by atoms with Crippen LogP contribution in [0.1, 0.15) is 20.8 Å². The normalized spacial score (nSPS) is 18.6. The predicted octanol–water partition coefficient (Wildman–Crippen LogP) is 1.29. The van der Waals surface area contributed by atoms with Crippen LogP contribution in [-0.4, -0.2) is 29.3 Å². The lowest BCUT2D eigenvalue weighted by atomic mass is 10.0. The maximum atomic E-state index is 11.2. The summed E-state index contributed by atoms with van der Waals surface area (Å²) >= 11 is 1.69. The van der Waals surface area contributed by atoms with Gasteiger partial charge in [-0.2, -0.15) is 0 Å². The van der Waals surface area contributed by atoms with Crippen LogP contribution < -0.4 is 5.32 Å². The summed E-state index contributed by atoms with van der Waals surface area (Å²) in [6.45, 7) is 6.58. The van der Waals surface area contributed by atoms with Gasteiger partial charge in [0.05, 0.1) is 12.6 Å². The molecular weight excluding hydrogens is 184 g/mol. The third-order valence-corrected chi connectivity index (χ3v) is 2.88. The number of hydrogen-bond donors (Lipinski definition) is 1. The van der Waals surface area contributed by atoms with Gasteiger partial charge in [-0.05, 0) is 12.8 Å². The minimum atomic E-state index is -0.0793. The second-order valence-electron chi connectivity index (χ2n) is 3.51. The number of ketones is 1. The predicted molar refractivity (Wildman–Crippen MR) is 57.2 cm³/mol. The zero-order valence-electron chi connectivity index (χ0n) is 8.33. The zero-order chi connectivity index (χ0) is 9.84. The molecule has 3 nitrogen and oxygen atoms in total. The summed E-state index contributed by atoms with van der Waals surface area (Å²) < 4.78 is 0. The Balaban J connectivity index is 2.51. The summed E-state index contributed by atoms with van der Waals surface area (Å²) in [7, 11) is 0. The topological polar surface area (TPSA) is 41.5 Å². The first kappa shape index (κ1) is 10.6. The van der Waals surface area contributed by atoms with Gasteiger partial charge in [-0.3, -0.25) is 9.79 Å². The van der Waals surface area contributed by atoms with E-state index in [1.807, 2.05) is 13.8 Å². The summed E-state index contributed by atoms with van der Waals surface area (Å²) in [6.07, 6.45) is 0. The number of thioether (sulfide) groups is 1. The van der Waals surface area contributed by atoms with Crippen LogP contribution in [0.3, 0.4) is 0 Å². The Morgan fingerprint density at radius 2 is 2.31 bits per heavy atom. The number of Topliss-reactive ketones (excluding diaryl/α,β-unsaturated/α-hetero) is 1. The van der Waals surface area contributed by atoms with Crippen LogP contribution in [0.15, 0.2) is 4.99 Å². The fourth-order valence-electron chi connectivity index (χ4n) is 1.29. The Kier molecular flexibility index (Phi) is 3.78. The molecule has 1 aliphatic rings. The molecule has 0 fully saturated rings. The van der Waals surface area contributed by atoms with Crippen LogP contribution in [0, 0.1) is 5.92 Å². The number of hydrogen-bond acceptors (Lipinski definition) is 4. The van der Waals surface area contributed by atoms with Gasteiger partial charge in [-0.1, -0.05) is 25.6 Å². The van der Waals surface area contributed by atoms with Crippen molar-refractivity contribution in [3.05, 3.63) is 0 Å². The molecule has 74 valence electrons. The fraction of sp³-hybridized carbons (Fsp3) is 0.778. The SMILES string of the molecule is CC(=O)[C@@H](NC1=NCCS1)C(C)C. The van der Waals surface area contributed by atoms with E-state index in [2.05, 4.69) is 10.3 Å². The Morgan fingerprint density at radius 1 is 1.62 bits per heavy atom. The molecule has 1 aliphatic heterocycles. The van der Waals surface area contributed by atoms with Gasteiger partial charge in [0.2, 0.25) is 0 Å². The maximum Gasteiger partial charge on any atom is 0.157 e. The highest BCUT2D eigenvalue weighted by Crippen LogP contribution is 2.12. The summed E-state index contributed by atoms with van der Waals surface area (Å²) in [6, 6.07) is -0.0793. The molecule has 1 atom stereocenters. The van der Waals surface area contributed by atoms with E-state index in [1.165, 1.54) is 0 Å². The molecule has 13 heavy (non-hydrogen) atoms. The van der Waals surface area contributed by atoms with Gasteiger partial charge in [-0.15, -0.1) is 0 Å². The van der Waals surface area contributed by atoms with Crippen molar-refractivity contribution in [1.29, 1.82) is 0 Å². The quantitative estimate of drug-likeness (QED) is 0.746. The lowest BCUT2D eigenvalue weighted by molar-refractivity contribution is -0.119. The van der Waals surface area contributed by atoms with E-state index in [9.17, 15) is 4.79 Å². The van der Waals surface area contributed by atoms with Gasteiger partial charge in [0.25, 0.3) is 0 Å². The molecule has 0 aromatic rings. The summed E-state index contributed by atoms with van der Waals surface area (Å²) in [5, 5.41) is 4.10. The molecule has 1 rings (SSSR count). The number of carbonyl (C=O) groups excluding carboxylic acids is 1. The Morgan fingerprint density at radius 3 is 2.69 bits per heavy atom. The maximum absolute atomic E-state index is 11.2. The number of nitrogens with zero attached hydrogens (tertiary/aromatic N) is 1. The van der Waals surface area contributed by atoms with Crippen LogP contribution in [0.2, 0.25) is 0 Å². The smallest absolute Gasteiger partial charge is 0.157 e. The van der Waals surface area contributed by atoms with Gasteiger partial charge < -0.3 is 5.32 Å². The number of rotatable bonds is 3. The molecule has 0 aromatic carbocycles. The minimum Gasteiger partial charge on any atom is -0.355 e. The molecule has 0 saturated carbocycles. The summed E-state index contributed by atoms with van der Waals surface area (Å²) in [4.78, 5) is 15.5. The first-order chi connectivity index (χ1) is 6.11. The Labute approximate surface area is 83.4 Å². The van der Waals surface area contributed by atoms with Gasteiger partial charge in [0.1, 0.15) is 0 Å². The lowest BCUT2D eigenvalue weighted by Crippen LogP contribution is -2.41. The largest absolute Gasteiger partial charge is 0.355 e. The van der Waals surface area contributed by atoms with Crippen molar-refractivity contribution < 1.29 is 4.79 Å². The third kappa shape index (κ3) is 3.03. The second kappa shape index (κ2) is 4.65. The molecule has 0 saturated heterocycles. The number of carbonyl (C=O) groups is 1. The number of amidine groups is 1. The highest BCUT2D eigenvalue weighted by atomic mass is 32.2. The average molecular weight is 200 g/mol. The van der Waals surface area contributed by atoms with E-state index < -0.39 is 0 Å². The summed E-state index contributed by atoms with van der Waals surface area (Å²) in [5.41, 5.74) is 0. The highest BCUT2D eigenvalue weighted by molar-refractivity contribution is 8.14. The van der Waals surface area contributed by atoms with E-state index in [0.29, 0.717) is 5.92 Å². The molecule has 0 bridgehead atoms. The molecule has 0 amide bonds. The van der Waals surface area contributed by atoms with Crippen LogP contribution in [0.25, 0.3) is 0 Å². The van der Waals surface area contributed by atoms with Crippen molar-refractivity contribution in [3.8, 4) is 0 Å². The Bertz CT molecular complexity index is 226. The highest BCUT2D eigenvalue weighted by Gasteiger charge is 2.20. The average Bonchev–Trinajstić information content (AvgIpc) is 2.50. The third-order valence-electron chi connectivity index (χ3n) is 1.97. The van der Waals surface area contributed by atoms with E-state index >= 15 is 0 Å². The van der Waals surface area contributed by atoms with Crippen LogP contribution >= 0.6 is 11.8 Å².